The highest BCUT2D eigenvalue weighted by Crippen LogP contribution is 2.32. The van der Waals surface area contributed by atoms with Gasteiger partial charge in [-0.3, -0.25) is 0 Å². The average molecular weight is 248 g/mol. The van der Waals surface area contributed by atoms with Crippen molar-refractivity contribution >= 4 is 0 Å². The predicted molar refractivity (Wildman–Crippen MR) is 70.7 cm³/mol. The molecule has 98 valence electrons. The Morgan fingerprint density at radius 3 is 2.72 bits per heavy atom. The molecule has 1 unspecified atom stereocenters. The summed E-state index contributed by atoms with van der Waals surface area (Å²) in [5.74, 6) is 1.33. The van der Waals surface area contributed by atoms with Crippen molar-refractivity contribution in [2.24, 2.45) is 5.73 Å². The molecule has 18 heavy (non-hydrogen) atoms. The first-order chi connectivity index (χ1) is 8.76. The molecule has 1 aromatic rings. The lowest BCUT2D eigenvalue weighted by Crippen LogP contribution is -2.15. The van der Waals surface area contributed by atoms with Crippen LogP contribution in [0.1, 0.15) is 25.8 Å². The second-order valence-corrected chi connectivity index (χ2v) is 3.86. The minimum absolute atomic E-state index is 0.455. The number of hydrogen-bond acceptors (Lipinski definition) is 4. The number of nitrogens with zero attached hydrogens (tertiary/aromatic N) is 1. The van der Waals surface area contributed by atoms with Crippen LogP contribution in [0.5, 0.6) is 11.5 Å². The SMILES string of the molecule is CCOc1cccc(CCN)c1OC(C#N)CC. The first-order valence-electron chi connectivity index (χ1n) is 6.27. The Kier molecular flexibility index (Phi) is 6.03. The van der Waals surface area contributed by atoms with Gasteiger partial charge in [-0.2, -0.15) is 5.26 Å². The molecule has 1 rings (SSSR count). The van der Waals surface area contributed by atoms with E-state index in [4.69, 9.17) is 20.5 Å². The molecular formula is C14H20N2O2. The van der Waals surface area contributed by atoms with Gasteiger partial charge in [-0.15, -0.1) is 0 Å². The summed E-state index contributed by atoms with van der Waals surface area (Å²) < 4.78 is 11.3. The lowest BCUT2D eigenvalue weighted by atomic mass is 10.1. The van der Waals surface area contributed by atoms with Crippen LogP contribution in [0.2, 0.25) is 0 Å². The van der Waals surface area contributed by atoms with Crippen LogP contribution in [-0.2, 0) is 6.42 Å². The minimum Gasteiger partial charge on any atom is -0.490 e. The lowest BCUT2D eigenvalue weighted by Gasteiger charge is -2.17. The standard InChI is InChI=1S/C14H20N2O2/c1-3-12(10-16)18-14-11(8-9-15)6-5-7-13(14)17-4-2/h5-7,12H,3-4,8-9,15H2,1-2H3. The van der Waals surface area contributed by atoms with Gasteiger partial charge in [0.25, 0.3) is 0 Å². The molecule has 0 aromatic heterocycles. The fraction of sp³-hybridized carbons (Fsp3) is 0.500. The Morgan fingerprint density at radius 1 is 1.39 bits per heavy atom. The van der Waals surface area contributed by atoms with Gasteiger partial charge in [0.15, 0.2) is 17.6 Å². The number of nitrogens with two attached hydrogens (primary N) is 1. The monoisotopic (exact) mass is 248 g/mol. The van der Waals surface area contributed by atoms with Crippen molar-refractivity contribution < 1.29 is 9.47 Å². The normalized spacial score (nSPS) is 11.7. The Morgan fingerprint density at radius 2 is 2.17 bits per heavy atom. The molecule has 0 heterocycles. The van der Waals surface area contributed by atoms with Gasteiger partial charge in [0.2, 0.25) is 0 Å². The number of hydrogen-bond donors (Lipinski definition) is 1. The summed E-state index contributed by atoms with van der Waals surface area (Å²) in [6, 6.07) is 7.85. The van der Waals surface area contributed by atoms with Crippen molar-refractivity contribution in [1.82, 2.24) is 0 Å². The maximum Gasteiger partial charge on any atom is 0.184 e. The summed E-state index contributed by atoms with van der Waals surface area (Å²) in [5.41, 5.74) is 6.57. The summed E-state index contributed by atoms with van der Waals surface area (Å²) in [6.45, 7) is 4.93. The molecule has 0 saturated carbocycles. The van der Waals surface area contributed by atoms with Crippen molar-refractivity contribution in [3.8, 4) is 17.6 Å². The largest absolute Gasteiger partial charge is 0.490 e. The van der Waals surface area contributed by atoms with Gasteiger partial charge in [0.1, 0.15) is 6.07 Å². The molecule has 0 bridgehead atoms. The van der Waals surface area contributed by atoms with Crippen molar-refractivity contribution in [3.63, 3.8) is 0 Å². The fourth-order valence-corrected chi connectivity index (χ4v) is 1.66. The van der Waals surface area contributed by atoms with Crippen molar-refractivity contribution in [2.75, 3.05) is 13.2 Å². The average Bonchev–Trinajstić information content (AvgIpc) is 2.39. The summed E-state index contributed by atoms with van der Waals surface area (Å²) in [6.07, 6.45) is 0.889. The molecule has 0 aliphatic carbocycles. The summed E-state index contributed by atoms with van der Waals surface area (Å²) in [7, 11) is 0. The van der Waals surface area contributed by atoms with Gasteiger partial charge >= 0.3 is 0 Å². The molecule has 0 aliphatic heterocycles. The molecule has 1 aromatic carbocycles. The van der Waals surface area contributed by atoms with Crippen LogP contribution >= 0.6 is 0 Å². The van der Waals surface area contributed by atoms with Crippen LogP contribution in [-0.4, -0.2) is 19.3 Å². The first kappa shape index (κ1) is 14.3. The molecule has 0 aliphatic rings. The Bertz CT molecular complexity index is 388. The first-order valence-corrected chi connectivity index (χ1v) is 6.27. The Hall–Kier alpha value is -1.73. The molecule has 2 N–H and O–H groups in total. The smallest absolute Gasteiger partial charge is 0.184 e. The van der Waals surface area contributed by atoms with Crippen LogP contribution < -0.4 is 15.2 Å². The summed E-state index contributed by atoms with van der Waals surface area (Å²) in [5, 5.41) is 8.99. The van der Waals surface area contributed by atoms with E-state index < -0.39 is 6.10 Å². The van der Waals surface area contributed by atoms with Gasteiger partial charge in [-0.25, -0.2) is 0 Å². The van der Waals surface area contributed by atoms with E-state index in [9.17, 15) is 0 Å². The second kappa shape index (κ2) is 7.57. The van der Waals surface area contributed by atoms with Crippen LogP contribution in [0, 0.1) is 11.3 Å². The van der Waals surface area contributed by atoms with E-state index in [1.165, 1.54) is 0 Å². The van der Waals surface area contributed by atoms with Gasteiger partial charge < -0.3 is 15.2 Å². The van der Waals surface area contributed by atoms with Crippen LogP contribution in [0.15, 0.2) is 18.2 Å². The van der Waals surface area contributed by atoms with Gasteiger partial charge in [0.05, 0.1) is 6.61 Å². The number of rotatable bonds is 7. The Balaban J connectivity index is 3.05. The topological polar surface area (TPSA) is 68.3 Å². The van der Waals surface area contributed by atoms with Crippen molar-refractivity contribution in [3.05, 3.63) is 23.8 Å². The van der Waals surface area contributed by atoms with Crippen molar-refractivity contribution in [1.29, 1.82) is 5.26 Å². The maximum atomic E-state index is 8.99. The zero-order valence-corrected chi connectivity index (χ0v) is 11.0. The van der Waals surface area contributed by atoms with Gasteiger partial charge in [0, 0.05) is 0 Å². The minimum atomic E-state index is -0.455. The molecule has 0 fully saturated rings. The fourth-order valence-electron chi connectivity index (χ4n) is 1.66. The third kappa shape index (κ3) is 3.64. The predicted octanol–water partition coefficient (Wildman–Crippen LogP) is 2.27. The van der Waals surface area contributed by atoms with Crippen LogP contribution in [0.3, 0.4) is 0 Å². The zero-order valence-electron chi connectivity index (χ0n) is 11.0. The highest BCUT2D eigenvalue weighted by atomic mass is 16.5. The van der Waals surface area contributed by atoms with E-state index >= 15 is 0 Å². The molecule has 4 nitrogen and oxygen atoms in total. The number of ether oxygens (including phenoxy) is 2. The molecule has 0 radical (unpaired) electrons. The quantitative estimate of drug-likeness (QED) is 0.803. The number of para-hydroxylation sites is 1. The summed E-state index contributed by atoms with van der Waals surface area (Å²) >= 11 is 0. The zero-order chi connectivity index (χ0) is 13.4. The maximum absolute atomic E-state index is 8.99. The van der Waals surface area contributed by atoms with Crippen LogP contribution in [0.4, 0.5) is 0 Å². The highest BCUT2D eigenvalue weighted by molar-refractivity contribution is 5.47. The van der Waals surface area contributed by atoms with Gasteiger partial charge in [-0.05, 0) is 37.9 Å². The molecular weight excluding hydrogens is 228 g/mol. The van der Waals surface area contributed by atoms with E-state index in [1.807, 2.05) is 32.0 Å². The molecule has 0 amide bonds. The van der Waals surface area contributed by atoms with Crippen molar-refractivity contribution in [2.45, 2.75) is 32.8 Å². The van der Waals surface area contributed by atoms with Crippen LogP contribution in [0.25, 0.3) is 0 Å². The molecule has 1 atom stereocenters. The van der Waals surface area contributed by atoms with E-state index in [0.717, 1.165) is 5.56 Å². The molecule has 0 saturated heterocycles. The second-order valence-electron chi connectivity index (χ2n) is 3.86. The third-order valence-corrected chi connectivity index (χ3v) is 2.55. The lowest BCUT2D eigenvalue weighted by molar-refractivity contribution is 0.229. The number of benzene rings is 1. The third-order valence-electron chi connectivity index (χ3n) is 2.55. The van der Waals surface area contributed by atoms with Gasteiger partial charge in [-0.1, -0.05) is 19.1 Å². The molecule has 0 spiro atoms. The Labute approximate surface area is 108 Å². The van der Waals surface area contributed by atoms with E-state index in [2.05, 4.69) is 6.07 Å². The highest BCUT2D eigenvalue weighted by Gasteiger charge is 2.15. The van der Waals surface area contributed by atoms with E-state index in [0.29, 0.717) is 37.5 Å². The molecule has 4 heteroatoms. The summed E-state index contributed by atoms with van der Waals surface area (Å²) in [4.78, 5) is 0. The van der Waals surface area contributed by atoms with E-state index in [1.54, 1.807) is 0 Å². The van der Waals surface area contributed by atoms with E-state index in [-0.39, 0.29) is 0 Å². The number of nitriles is 1.